The molecular formula is C15H18BrN3O. The molecule has 0 spiro atoms. The van der Waals surface area contributed by atoms with E-state index < -0.39 is 0 Å². The van der Waals surface area contributed by atoms with E-state index in [1.54, 1.807) is 0 Å². The Kier molecular flexibility index (Phi) is 3.92. The maximum atomic E-state index is 6.42. The third kappa shape index (κ3) is 2.41. The van der Waals surface area contributed by atoms with Crippen LogP contribution in [0, 0.1) is 12.8 Å². The van der Waals surface area contributed by atoms with E-state index in [-0.39, 0.29) is 6.04 Å². The van der Waals surface area contributed by atoms with Crippen LogP contribution in [0.15, 0.2) is 35.2 Å². The van der Waals surface area contributed by atoms with Crippen LogP contribution in [0.25, 0.3) is 5.69 Å². The predicted octanol–water partition coefficient (Wildman–Crippen LogP) is 2.98. The molecular weight excluding hydrogens is 318 g/mol. The zero-order valence-electron chi connectivity index (χ0n) is 11.4. The summed E-state index contributed by atoms with van der Waals surface area (Å²) in [6.07, 6.45) is 4.72. The lowest BCUT2D eigenvalue weighted by atomic mass is 9.97. The van der Waals surface area contributed by atoms with E-state index in [1.165, 1.54) is 5.56 Å². The zero-order valence-corrected chi connectivity index (χ0v) is 13.0. The van der Waals surface area contributed by atoms with Crippen molar-refractivity contribution in [3.63, 3.8) is 0 Å². The van der Waals surface area contributed by atoms with Gasteiger partial charge in [0, 0.05) is 17.0 Å². The summed E-state index contributed by atoms with van der Waals surface area (Å²) in [5.74, 6) is 0.373. The summed E-state index contributed by atoms with van der Waals surface area (Å²) in [5.41, 5.74) is 9.76. The summed E-state index contributed by atoms with van der Waals surface area (Å²) in [5, 5.41) is 0. The molecule has 0 saturated carbocycles. The molecule has 106 valence electrons. The average Bonchev–Trinajstić information content (AvgIpc) is 3.11. The van der Waals surface area contributed by atoms with Crippen LogP contribution >= 0.6 is 15.9 Å². The minimum absolute atomic E-state index is 0.0432. The highest BCUT2D eigenvalue weighted by atomic mass is 79.9. The summed E-state index contributed by atoms with van der Waals surface area (Å²) >= 11 is 3.57. The molecule has 0 amide bonds. The summed E-state index contributed by atoms with van der Waals surface area (Å²) < 4.78 is 8.62. The fourth-order valence-electron chi connectivity index (χ4n) is 2.69. The van der Waals surface area contributed by atoms with Crippen molar-refractivity contribution in [3.8, 4) is 5.69 Å². The van der Waals surface area contributed by atoms with Gasteiger partial charge in [0.05, 0.1) is 36.6 Å². The Bertz CT molecular complexity index is 605. The first-order valence-electron chi connectivity index (χ1n) is 6.79. The second-order valence-electron chi connectivity index (χ2n) is 5.22. The fourth-order valence-corrected chi connectivity index (χ4v) is 3.04. The molecule has 1 aliphatic rings. The fraction of sp³-hybridized carbons (Fsp3) is 0.400. The Morgan fingerprint density at radius 1 is 1.50 bits per heavy atom. The first kappa shape index (κ1) is 13.8. The smallest absolute Gasteiger partial charge is 0.0994 e. The first-order valence-corrected chi connectivity index (χ1v) is 7.59. The largest absolute Gasteiger partial charge is 0.381 e. The lowest BCUT2D eigenvalue weighted by Gasteiger charge is -2.20. The number of nitrogens with zero attached hydrogens (tertiary/aromatic N) is 2. The maximum Gasteiger partial charge on any atom is 0.0994 e. The Balaban J connectivity index is 1.99. The van der Waals surface area contributed by atoms with Crippen molar-refractivity contribution in [1.82, 2.24) is 9.55 Å². The van der Waals surface area contributed by atoms with Crippen LogP contribution in [0.5, 0.6) is 0 Å². The van der Waals surface area contributed by atoms with Gasteiger partial charge < -0.3 is 15.0 Å². The molecule has 1 saturated heterocycles. The molecule has 1 aromatic heterocycles. The van der Waals surface area contributed by atoms with Crippen molar-refractivity contribution in [2.24, 2.45) is 11.7 Å². The lowest BCUT2D eigenvalue weighted by Crippen LogP contribution is -2.24. The molecule has 2 aromatic rings. The van der Waals surface area contributed by atoms with Gasteiger partial charge in [-0.05, 0) is 31.0 Å². The number of halogens is 1. The molecule has 0 aliphatic carbocycles. The van der Waals surface area contributed by atoms with Gasteiger partial charge in [-0.15, -0.1) is 0 Å². The molecule has 1 aromatic carbocycles. The highest BCUT2D eigenvalue weighted by Crippen LogP contribution is 2.30. The SMILES string of the molecule is Cc1c(Br)cccc1-n1cncc1C(N)C1CCOC1. The number of imidazole rings is 1. The average molecular weight is 336 g/mol. The molecule has 0 radical (unpaired) electrons. The third-order valence-corrected chi connectivity index (χ3v) is 4.84. The van der Waals surface area contributed by atoms with Gasteiger partial charge in [-0.1, -0.05) is 22.0 Å². The summed E-state index contributed by atoms with van der Waals surface area (Å²) in [6, 6.07) is 6.11. The molecule has 4 nitrogen and oxygen atoms in total. The second-order valence-corrected chi connectivity index (χ2v) is 6.08. The van der Waals surface area contributed by atoms with Crippen LogP contribution in [0.2, 0.25) is 0 Å². The summed E-state index contributed by atoms with van der Waals surface area (Å²) in [6.45, 7) is 3.64. The molecule has 3 rings (SSSR count). The van der Waals surface area contributed by atoms with Gasteiger partial charge >= 0.3 is 0 Å². The van der Waals surface area contributed by atoms with Crippen LogP contribution in [0.4, 0.5) is 0 Å². The van der Waals surface area contributed by atoms with Crippen molar-refractivity contribution in [2.75, 3.05) is 13.2 Å². The topological polar surface area (TPSA) is 53.1 Å². The first-order chi connectivity index (χ1) is 9.68. The quantitative estimate of drug-likeness (QED) is 0.938. The van der Waals surface area contributed by atoms with Gasteiger partial charge in [0.1, 0.15) is 0 Å². The van der Waals surface area contributed by atoms with Crippen LogP contribution < -0.4 is 5.73 Å². The number of hydrogen-bond acceptors (Lipinski definition) is 3. The van der Waals surface area contributed by atoms with Crippen molar-refractivity contribution in [1.29, 1.82) is 0 Å². The summed E-state index contributed by atoms with van der Waals surface area (Å²) in [7, 11) is 0. The third-order valence-electron chi connectivity index (χ3n) is 3.98. The van der Waals surface area contributed by atoms with E-state index in [4.69, 9.17) is 10.5 Å². The standard InChI is InChI=1S/C15H18BrN3O/c1-10-12(16)3-2-4-13(10)19-9-18-7-14(19)15(17)11-5-6-20-8-11/h2-4,7,9,11,15H,5-6,8,17H2,1H3. The number of benzene rings is 1. The Morgan fingerprint density at radius 2 is 2.35 bits per heavy atom. The number of nitrogens with two attached hydrogens (primary N) is 1. The number of hydrogen-bond donors (Lipinski definition) is 1. The molecule has 1 aliphatic heterocycles. The van der Waals surface area contributed by atoms with E-state index >= 15 is 0 Å². The maximum absolute atomic E-state index is 6.42. The number of aromatic nitrogens is 2. The van der Waals surface area contributed by atoms with Crippen molar-refractivity contribution >= 4 is 15.9 Å². The number of rotatable bonds is 3. The van der Waals surface area contributed by atoms with E-state index in [0.717, 1.165) is 35.5 Å². The van der Waals surface area contributed by atoms with Crippen LogP contribution in [0.3, 0.4) is 0 Å². The minimum Gasteiger partial charge on any atom is -0.381 e. The minimum atomic E-state index is -0.0432. The molecule has 1 fully saturated rings. The molecule has 2 heterocycles. The second kappa shape index (κ2) is 5.68. The Morgan fingerprint density at radius 3 is 3.10 bits per heavy atom. The lowest BCUT2D eigenvalue weighted by molar-refractivity contribution is 0.180. The van der Waals surface area contributed by atoms with Gasteiger partial charge in [-0.2, -0.15) is 0 Å². The molecule has 2 unspecified atom stereocenters. The van der Waals surface area contributed by atoms with E-state index in [0.29, 0.717) is 5.92 Å². The van der Waals surface area contributed by atoms with Gasteiger partial charge in [0.15, 0.2) is 0 Å². The van der Waals surface area contributed by atoms with Crippen LogP contribution in [-0.2, 0) is 4.74 Å². The van der Waals surface area contributed by atoms with Gasteiger partial charge in [-0.3, -0.25) is 0 Å². The predicted molar refractivity (Wildman–Crippen MR) is 81.9 cm³/mol. The highest BCUT2D eigenvalue weighted by molar-refractivity contribution is 9.10. The van der Waals surface area contributed by atoms with Gasteiger partial charge in [-0.25, -0.2) is 4.98 Å². The number of ether oxygens (including phenoxy) is 1. The van der Waals surface area contributed by atoms with E-state index in [9.17, 15) is 0 Å². The molecule has 2 atom stereocenters. The van der Waals surface area contributed by atoms with Crippen molar-refractivity contribution < 1.29 is 4.74 Å². The van der Waals surface area contributed by atoms with Crippen molar-refractivity contribution in [2.45, 2.75) is 19.4 Å². The van der Waals surface area contributed by atoms with E-state index in [1.807, 2.05) is 24.7 Å². The monoisotopic (exact) mass is 335 g/mol. The highest BCUT2D eigenvalue weighted by Gasteiger charge is 2.26. The normalized spacial score (nSPS) is 20.2. The molecule has 0 bridgehead atoms. The molecule has 2 N–H and O–H groups in total. The van der Waals surface area contributed by atoms with E-state index in [2.05, 4.69) is 38.5 Å². The molecule has 20 heavy (non-hydrogen) atoms. The summed E-state index contributed by atoms with van der Waals surface area (Å²) in [4.78, 5) is 4.29. The van der Waals surface area contributed by atoms with Crippen LogP contribution in [-0.4, -0.2) is 22.8 Å². The van der Waals surface area contributed by atoms with Crippen molar-refractivity contribution in [3.05, 3.63) is 46.5 Å². The Labute approximate surface area is 127 Å². The zero-order chi connectivity index (χ0) is 14.1. The van der Waals surface area contributed by atoms with Crippen LogP contribution in [0.1, 0.15) is 23.7 Å². The molecule has 5 heteroatoms. The van der Waals surface area contributed by atoms with Gasteiger partial charge in [0.2, 0.25) is 0 Å². The Hall–Kier alpha value is -1.17. The van der Waals surface area contributed by atoms with Gasteiger partial charge in [0.25, 0.3) is 0 Å².